The molecule has 5 heteroatoms. The van der Waals surface area contributed by atoms with E-state index in [1.54, 1.807) is 0 Å². The fraction of sp³-hybridized carbons (Fsp3) is 0.500. The number of halogens is 3. The molecule has 0 spiro atoms. The average Bonchev–Trinajstić information content (AvgIpc) is 1.30. The third kappa shape index (κ3) is 5.26. The second-order valence-corrected chi connectivity index (χ2v) is 0.666. The normalized spacial score (nSPS) is 10.7. The van der Waals surface area contributed by atoms with Gasteiger partial charge in [0.05, 0.1) is 0 Å². The number of nitrogens with zero attached hydrogens (tertiary/aromatic N) is 1. The van der Waals surface area contributed by atoms with E-state index in [4.69, 9.17) is 0 Å². The molecule has 0 aliphatic carbocycles. The highest BCUT2D eigenvalue weighted by atomic mass is 19.4. The molecule has 0 radical (unpaired) electrons. The Bertz CT molecular complexity index is 67.8. The first kappa shape index (κ1) is 6.26. The molecule has 42 valence electrons. The number of hydrogen-bond acceptors (Lipinski definition) is 2. The molecule has 0 fully saturated rings. The molecule has 0 unspecified atom stereocenters. The Labute approximate surface area is 37.6 Å². The molecule has 0 N–H and O–H groups in total. The molecule has 7 heavy (non-hydrogen) atoms. The minimum Gasteiger partial charge on any atom is -0.295 e. The maximum atomic E-state index is 10.7. The standard InChI is InChI=1S/C2H2F3NO/c1-6-7-2(3,4)5/h1H2. The predicted molar refractivity (Wildman–Crippen MR) is 16.7 cm³/mol. The van der Waals surface area contributed by atoms with Crippen molar-refractivity contribution in [3.8, 4) is 0 Å². The van der Waals surface area contributed by atoms with Gasteiger partial charge in [-0.2, -0.15) is 0 Å². The summed E-state index contributed by atoms with van der Waals surface area (Å²) >= 11 is 0. The molecular formula is C2H2F3NO. The van der Waals surface area contributed by atoms with Crippen molar-refractivity contribution >= 4 is 6.72 Å². The lowest BCUT2D eigenvalue weighted by molar-refractivity contribution is -0.325. The van der Waals surface area contributed by atoms with E-state index in [0.717, 1.165) is 0 Å². The van der Waals surface area contributed by atoms with Crippen LogP contribution < -0.4 is 0 Å². The van der Waals surface area contributed by atoms with Gasteiger partial charge in [-0.15, -0.1) is 13.2 Å². The van der Waals surface area contributed by atoms with Crippen LogP contribution in [0.1, 0.15) is 0 Å². The van der Waals surface area contributed by atoms with E-state index in [1.165, 1.54) is 0 Å². The van der Waals surface area contributed by atoms with Gasteiger partial charge in [-0.25, -0.2) is 0 Å². The van der Waals surface area contributed by atoms with Crippen LogP contribution in [0.2, 0.25) is 0 Å². The summed E-state index contributed by atoms with van der Waals surface area (Å²) in [6.45, 7) is 2.45. The van der Waals surface area contributed by atoms with Crippen LogP contribution in [0, 0.1) is 0 Å². The highest BCUT2D eigenvalue weighted by Crippen LogP contribution is 2.15. The van der Waals surface area contributed by atoms with Crippen molar-refractivity contribution in [3.63, 3.8) is 0 Å². The predicted octanol–water partition coefficient (Wildman–Crippen LogP) is 1.14. The van der Waals surface area contributed by atoms with E-state index in [1.807, 2.05) is 0 Å². The second kappa shape index (κ2) is 1.81. The summed E-state index contributed by atoms with van der Waals surface area (Å²) in [4.78, 5) is 2.74. The van der Waals surface area contributed by atoms with Crippen LogP contribution in [-0.4, -0.2) is 13.1 Å². The molecule has 0 saturated heterocycles. The van der Waals surface area contributed by atoms with Gasteiger partial charge in [-0.1, -0.05) is 5.16 Å². The minimum atomic E-state index is -4.68. The number of hydrogen-bond donors (Lipinski definition) is 0. The molecule has 0 rings (SSSR count). The van der Waals surface area contributed by atoms with Crippen molar-refractivity contribution in [3.05, 3.63) is 0 Å². The Morgan fingerprint density at radius 2 is 1.86 bits per heavy atom. The van der Waals surface area contributed by atoms with Crippen LogP contribution in [-0.2, 0) is 4.84 Å². The van der Waals surface area contributed by atoms with Gasteiger partial charge in [0.25, 0.3) is 0 Å². The summed E-state index contributed by atoms with van der Waals surface area (Å²) < 4.78 is 32.1. The topological polar surface area (TPSA) is 21.6 Å². The fourth-order valence-corrected chi connectivity index (χ4v) is 0.0732. The summed E-state index contributed by atoms with van der Waals surface area (Å²) in [6.07, 6.45) is -4.68. The zero-order valence-corrected chi connectivity index (χ0v) is 3.20. The Balaban J connectivity index is 3.34. The zero-order valence-electron chi connectivity index (χ0n) is 3.20. The Hall–Kier alpha value is -0.740. The number of oxime groups is 1. The molecule has 0 aromatic carbocycles. The quantitative estimate of drug-likeness (QED) is 0.369. The number of alkyl halides is 3. The van der Waals surface area contributed by atoms with Crippen molar-refractivity contribution < 1.29 is 18.0 Å². The van der Waals surface area contributed by atoms with Crippen molar-refractivity contribution in [2.24, 2.45) is 5.16 Å². The van der Waals surface area contributed by atoms with E-state index in [9.17, 15) is 13.2 Å². The van der Waals surface area contributed by atoms with Gasteiger partial charge in [0.15, 0.2) is 0 Å². The molecule has 2 nitrogen and oxygen atoms in total. The SMILES string of the molecule is C=NOC(F)(F)F. The lowest BCUT2D eigenvalue weighted by Crippen LogP contribution is -2.07. The van der Waals surface area contributed by atoms with Gasteiger partial charge >= 0.3 is 6.36 Å². The van der Waals surface area contributed by atoms with E-state index in [0.29, 0.717) is 0 Å². The van der Waals surface area contributed by atoms with Crippen molar-refractivity contribution in [1.82, 2.24) is 0 Å². The molecule has 0 heterocycles. The maximum absolute atomic E-state index is 10.7. The van der Waals surface area contributed by atoms with Gasteiger partial charge in [0.2, 0.25) is 0 Å². The van der Waals surface area contributed by atoms with Crippen molar-refractivity contribution in [2.45, 2.75) is 6.36 Å². The third-order valence-corrected chi connectivity index (χ3v) is 0.168. The summed E-state index contributed by atoms with van der Waals surface area (Å²) in [5.41, 5.74) is 0. The molecule has 0 saturated carbocycles. The van der Waals surface area contributed by atoms with Gasteiger partial charge in [0, 0.05) is 6.72 Å². The average molecular weight is 113 g/mol. The Morgan fingerprint density at radius 3 is 1.86 bits per heavy atom. The molecular weight excluding hydrogens is 111 g/mol. The molecule has 0 amide bonds. The summed E-state index contributed by atoms with van der Waals surface area (Å²) in [7, 11) is 0. The minimum absolute atomic E-state index is 2.13. The molecule has 0 aromatic heterocycles. The maximum Gasteiger partial charge on any atom is 0.593 e. The smallest absolute Gasteiger partial charge is 0.295 e. The van der Waals surface area contributed by atoms with Crippen LogP contribution in [0.15, 0.2) is 5.16 Å². The van der Waals surface area contributed by atoms with Gasteiger partial charge < -0.3 is 0 Å². The zero-order chi connectivity index (χ0) is 5.91. The van der Waals surface area contributed by atoms with E-state index < -0.39 is 6.36 Å². The van der Waals surface area contributed by atoms with E-state index in [-0.39, 0.29) is 0 Å². The van der Waals surface area contributed by atoms with Crippen molar-refractivity contribution in [2.75, 3.05) is 0 Å². The van der Waals surface area contributed by atoms with Gasteiger partial charge in [-0.3, -0.25) is 4.84 Å². The van der Waals surface area contributed by atoms with Crippen LogP contribution in [0.5, 0.6) is 0 Å². The van der Waals surface area contributed by atoms with Gasteiger partial charge in [-0.05, 0) is 0 Å². The first-order chi connectivity index (χ1) is 3.06. The molecule has 0 bridgehead atoms. The lowest BCUT2D eigenvalue weighted by Gasteiger charge is -1.97. The van der Waals surface area contributed by atoms with E-state index in [2.05, 4.69) is 16.7 Å². The molecule has 0 atom stereocenters. The first-order valence-electron chi connectivity index (χ1n) is 1.27. The first-order valence-corrected chi connectivity index (χ1v) is 1.27. The highest BCUT2D eigenvalue weighted by molar-refractivity contribution is 5.21. The Morgan fingerprint density at radius 1 is 1.43 bits per heavy atom. The lowest BCUT2D eigenvalue weighted by atomic mass is 11.4. The largest absolute Gasteiger partial charge is 0.593 e. The second-order valence-electron chi connectivity index (χ2n) is 0.666. The highest BCUT2D eigenvalue weighted by Gasteiger charge is 2.30. The monoisotopic (exact) mass is 113 g/mol. The molecule has 0 aliphatic rings. The Kier molecular flexibility index (Phi) is 1.62. The van der Waals surface area contributed by atoms with Gasteiger partial charge in [0.1, 0.15) is 0 Å². The number of rotatable bonds is 1. The summed E-state index contributed by atoms with van der Waals surface area (Å²) in [6, 6.07) is 0. The fourth-order valence-electron chi connectivity index (χ4n) is 0.0732. The summed E-state index contributed by atoms with van der Waals surface area (Å²) in [5, 5.41) is 2.13. The molecule has 0 aromatic rings. The van der Waals surface area contributed by atoms with Crippen LogP contribution in [0.4, 0.5) is 13.2 Å². The van der Waals surface area contributed by atoms with E-state index >= 15 is 0 Å². The third-order valence-electron chi connectivity index (χ3n) is 0.168. The van der Waals surface area contributed by atoms with Crippen molar-refractivity contribution in [1.29, 1.82) is 0 Å². The summed E-state index contributed by atoms with van der Waals surface area (Å²) in [5.74, 6) is 0. The molecule has 0 aliphatic heterocycles. The van der Waals surface area contributed by atoms with Crippen LogP contribution >= 0.6 is 0 Å². The van der Waals surface area contributed by atoms with Crippen LogP contribution in [0.3, 0.4) is 0 Å². The van der Waals surface area contributed by atoms with Crippen LogP contribution in [0.25, 0.3) is 0 Å².